The highest BCUT2D eigenvalue weighted by atomic mass is 32.1. The van der Waals surface area contributed by atoms with Crippen molar-refractivity contribution in [3.05, 3.63) is 41.5 Å². The molecule has 0 spiro atoms. The molecule has 6 heteroatoms. The van der Waals surface area contributed by atoms with Gasteiger partial charge in [0.2, 0.25) is 0 Å². The number of aryl methyl sites for hydroxylation is 2. The van der Waals surface area contributed by atoms with Gasteiger partial charge in [-0.25, -0.2) is 9.97 Å². The number of nitrogens with zero attached hydrogens (tertiary/aromatic N) is 2. The summed E-state index contributed by atoms with van der Waals surface area (Å²) in [7, 11) is 0. The molecule has 5 nitrogen and oxygen atoms in total. The van der Waals surface area contributed by atoms with E-state index < -0.39 is 0 Å². The van der Waals surface area contributed by atoms with Crippen molar-refractivity contribution in [2.24, 2.45) is 0 Å². The number of carbonyl (C=O) groups is 1. The van der Waals surface area contributed by atoms with E-state index in [1.165, 1.54) is 17.5 Å². The van der Waals surface area contributed by atoms with Gasteiger partial charge in [0.15, 0.2) is 5.13 Å². The first kappa shape index (κ1) is 11.9. The molecule has 96 valence electrons. The molecule has 0 aliphatic heterocycles. The second-order valence-corrected chi connectivity index (χ2v) is 5.31. The predicted octanol–water partition coefficient (Wildman–Crippen LogP) is 2.89. The Morgan fingerprint density at radius 3 is 2.89 bits per heavy atom. The molecular formula is C13H12N4OS. The summed E-state index contributed by atoms with van der Waals surface area (Å²) in [5.74, 6) is 0.489. The zero-order valence-corrected chi connectivity index (χ0v) is 11.3. The highest BCUT2D eigenvalue weighted by molar-refractivity contribution is 7.22. The minimum Gasteiger partial charge on any atom is -0.338 e. The minimum absolute atomic E-state index is 0.225. The molecule has 1 aromatic carbocycles. The molecule has 0 saturated heterocycles. The average molecular weight is 272 g/mol. The lowest BCUT2D eigenvalue weighted by molar-refractivity contribution is 0.102. The molecule has 3 rings (SSSR count). The van der Waals surface area contributed by atoms with Crippen molar-refractivity contribution in [1.82, 2.24) is 15.0 Å². The Morgan fingerprint density at radius 1 is 1.37 bits per heavy atom. The van der Waals surface area contributed by atoms with Gasteiger partial charge in [0, 0.05) is 0 Å². The van der Waals surface area contributed by atoms with Crippen LogP contribution < -0.4 is 5.32 Å². The average Bonchev–Trinajstić information content (AvgIpc) is 2.96. The lowest BCUT2D eigenvalue weighted by atomic mass is 10.2. The van der Waals surface area contributed by atoms with E-state index in [1.54, 1.807) is 6.92 Å². The second-order valence-electron chi connectivity index (χ2n) is 4.28. The maximum absolute atomic E-state index is 12.0. The summed E-state index contributed by atoms with van der Waals surface area (Å²) in [5, 5.41) is 3.38. The number of thiazole rings is 1. The van der Waals surface area contributed by atoms with Crippen LogP contribution in [-0.2, 0) is 0 Å². The zero-order chi connectivity index (χ0) is 13.4. The summed E-state index contributed by atoms with van der Waals surface area (Å²) in [6.07, 6.45) is 1.52. The fraction of sp³-hybridized carbons (Fsp3) is 0.154. The summed E-state index contributed by atoms with van der Waals surface area (Å²) >= 11 is 1.46. The van der Waals surface area contributed by atoms with Gasteiger partial charge in [0.1, 0.15) is 11.5 Å². The third kappa shape index (κ3) is 2.22. The number of nitrogens with one attached hydrogen (secondary N) is 2. The van der Waals surface area contributed by atoms with Crippen molar-refractivity contribution in [1.29, 1.82) is 0 Å². The Morgan fingerprint density at radius 2 is 2.21 bits per heavy atom. The maximum Gasteiger partial charge on any atom is 0.275 e. The SMILES string of the molecule is Cc1ncc(C(=O)Nc2nc3c(C)cccc3s2)[nH]1. The Balaban J connectivity index is 1.89. The Kier molecular flexibility index (Phi) is 2.79. The van der Waals surface area contributed by atoms with Crippen LogP contribution >= 0.6 is 11.3 Å². The minimum atomic E-state index is -0.225. The van der Waals surface area contributed by atoms with Crippen LogP contribution in [0.2, 0.25) is 0 Å². The highest BCUT2D eigenvalue weighted by Gasteiger charge is 2.12. The van der Waals surface area contributed by atoms with Crippen LogP contribution in [0.3, 0.4) is 0 Å². The molecule has 2 aromatic heterocycles. The van der Waals surface area contributed by atoms with Crippen LogP contribution in [0.4, 0.5) is 5.13 Å². The largest absolute Gasteiger partial charge is 0.338 e. The molecule has 2 heterocycles. The van der Waals surface area contributed by atoms with Gasteiger partial charge in [-0.05, 0) is 25.5 Å². The summed E-state index contributed by atoms with van der Waals surface area (Å²) < 4.78 is 1.07. The summed E-state index contributed by atoms with van der Waals surface area (Å²) in [5.41, 5.74) is 2.48. The van der Waals surface area contributed by atoms with Gasteiger partial charge in [0.25, 0.3) is 5.91 Å². The molecule has 1 amide bonds. The van der Waals surface area contributed by atoms with Gasteiger partial charge in [-0.3, -0.25) is 10.1 Å². The second kappa shape index (κ2) is 4.47. The lowest BCUT2D eigenvalue weighted by Crippen LogP contribution is -2.12. The van der Waals surface area contributed by atoms with Gasteiger partial charge in [-0.2, -0.15) is 0 Å². The first-order chi connectivity index (χ1) is 9.13. The van der Waals surface area contributed by atoms with Crippen LogP contribution in [0.1, 0.15) is 21.9 Å². The first-order valence-corrected chi connectivity index (χ1v) is 6.64. The molecule has 0 atom stereocenters. The van der Waals surface area contributed by atoms with Gasteiger partial charge in [0.05, 0.1) is 16.4 Å². The Hall–Kier alpha value is -2.21. The molecule has 0 fully saturated rings. The fourth-order valence-electron chi connectivity index (χ4n) is 1.84. The van der Waals surface area contributed by atoms with Crippen molar-refractivity contribution >= 4 is 32.6 Å². The molecule has 0 aliphatic rings. The molecule has 0 radical (unpaired) electrons. The molecular weight excluding hydrogens is 260 g/mol. The third-order valence-electron chi connectivity index (χ3n) is 2.79. The number of hydrogen-bond acceptors (Lipinski definition) is 4. The summed E-state index contributed by atoms with van der Waals surface area (Å²) in [6.45, 7) is 3.81. The summed E-state index contributed by atoms with van der Waals surface area (Å²) in [4.78, 5) is 23.3. The molecule has 0 bridgehead atoms. The van der Waals surface area contributed by atoms with Crippen LogP contribution in [0.5, 0.6) is 0 Å². The molecule has 0 unspecified atom stereocenters. The molecule has 19 heavy (non-hydrogen) atoms. The smallest absolute Gasteiger partial charge is 0.275 e. The number of aromatic amines is 1. The highest BCUT2D eigenvalue weighted by Crippen LogP contribution is 2.28. The number of H-pyrrole nitrogens is 1. The summed E-state index contributed by atoms with van der Waals surface area (Å²) in [6, 6.07) is 5.99. The number of imidazole rings is 1. The molecule has 2 N–H and O–H groups in total. The van der Waals surface area contributed by atoms with Crippen LogP contribution in [0.15, 0.2) is 24.4 Å². The van der Waals surface area contributed by atoms with Crippen LogP contribution in [0, 0.1) is 13.8 Å². The van der Waals surface area contributed by atoms with Crippen molar-refractivity contribution in [3.63, 3.8) is 0 Å². The Bertz CT molecular complexity index is 759. The standard InChI is InChI=1S/C13H12N4OS/c1-7-4-3-5-10-11(7)16-13(19-10)17-12(18)9-6-14-8(2)15-9/h3-6H,1-2H3,(H,14,15)(H,16,17,18). The van der Waals surface area contributed by atoms with E-state index in [4.69, 9.17) is 0 Å². The van der Waals surface area contributed by atoms with Gasteiger partial charge in [-0.15, -0.1) is 0 Å². The monoisotopic (exact) mass is 272 g/mol. The van der Waals surface area contributed by atoms with Crippen LogP contribution in [0.25, 0.3) is 10.2 Å². The van der Waals surface area contributed by atoms with Gasteiger partial charge >= 0.3 is 0 Å². The molecule has 0 saturated carbocycles. The van der Waals surface area contributed by atoms with E-state index in [-0.39, 0.29) is 5.91 Å². The number of anilines is 1. The van der Waals surface area contributed by atoms with E-state index >= 15 is 0 Å². The fourth-order valence-corrected chi connectivity index (χ4v) is 2.78. The number of amides is 1. The number of aromatic nitrogens is 3. The van der Waals surface area contributed by atoms with Crippen molar-refractivity contribution in [2.45, 2.75) is 13.8 Å². The van der Waals surface area contributed by atoms with Gasteiger partial charge < -0.3 is 4.98 Å². The number of para-hydroxylation sites is 1. The zero-order valence-electron chi connectivity index (χ0n) is 10.5. The molecule has 0 aliphatic carbocycles. The van der Waals surface area contributed by atoms with E-state index in [1.807, 2.05) is 25.1 Å². The van der Waals surface area contributed by atoms with Crippen LogP contribution in [-0.4, -0.2) is 20.9 Å². The third-order valence-corrected chi connectivity index (χ3v) is 3.72. The quantitative estimate of drug-likeness (QED) is 0.753. The maximum atomic E-state index is 12.0. The predicted molar refractivity (Wildman–Crippen MR) is 75.6 cm³/mol. The normalized spacial score (nSPS) is 10.8. The van der Waals surface area contributed by atoms with E-state index in [9.17, 15) is 4.79 Å². The topological polar surface area (TPSA) is 70.7 Å². The first-order valence-electron chi connectivity index (χ1n) is 5.82. The van der Waals surface area contributed by atoms with Crippen molar-refractivity contribution in [2.75, 3.05) is 5.32 Å². The Labute approximate surface area is 113 Å². The van der Waals surface area contributed by atoms with Crippen molar-refractivity contribution < 1.29 is 4.79 Å². The van der Waals surface area contributed by atoms with E-state index in [0.717, 1.165) is 15.8 Å². The number of rotatable bonds is 2. The number of benzene rings is 1. The lowest BCUT2D eigenvalue weighted by Gasteiger charge is -1.97. The number of hydrogen-bond donors (Lipinski definition) is 2. The number of fused-ring (bicyclic) bond motifs is 1. The van der Waals surface area contributed by atoms with Crippen molar-refractivity contribution in [3.8, 4) is 0 Å². The van der Waals surface area contributed by atoms with Gasteiger partial charge in [-0.1, -0.05) is 23.5 Å². The van der Waals surface area contributed by atoms with E-state index in [0.29, 0.717) is 16.6 Å². The molecule has 3 aromatic rings. The number of carbonyl (C=O) groups excluding carboxylic acids is 1. The van der Waals surface area contributed by atoms with E-state index in [2.05, 4.69) is 20.3 Å².